The van der Waals surface area contributed by atoms with Crippen molar-refractivity contribution in [1.82, 2.24) is 15.1 Å². The summed E-state index contributed by atoms with van der Waals surface area (Å²) in [4.78, 5) is 11.1. The molecule has 0 aliphatic carbocycles. The number of halogens is 1. The Morgan fingerprint density at radius 3 is 2.79 bits per heavy atom. The van der Waals surface area contributed by atoms with Crippen LogP contribution < -0.4 is 5.32 Å². The van der Waals surface area contributed by atoms with Gasteiger partial charge in [-0.15, -0.1) is 11.6 Å². The van der Waals surface area contributed by atoms with Gasteiger partial charge in [0.05, 0.1) is 18.8 Å². The number of ether oxygens (including phenoxy) is 1. The summed E-state index contributed by atoms with van der Waals surface area (Å²) in [5.74, 6) is -0.420. The SMILES string of the molecule is CCC(CC)n1ccc(CNCC(Cl)C(=O)OC)n1. The molecule has 0 aromatic carbocycles. The summed E-state index contributed by atoms with van der Waals surface area (Å²) in [6, 6.07) is 2.43. The summed E-state index contributed by atoms with van der Waals surface area (Å²) < 4.78 is 6.54. The number of hydrogen-bond donors (Lipinski definition) is 1. The number of carbonyl (C=O) groups excluding carboxylic acids is 1. The Bertz CT molecular complexity index is 391. The first-order valence-corrected chi connectivity index (χ1v) is 7.02. The maximum absolute atomic E-state index is 11.1. The Kier molecular flexibility index (Phi) is 6.87. The van der Waals surface area contributed by atoms with Gasteiger partial charge in [-0.3, -0.25) is 9.48 Å². The molecule has 0 aliphatic rings. The molecular weight excluding hydrogens is 266 g/mol. The predicted molar refractivity (Wildman–Crippen MR) is 75.2 cm³/mol. The van der Waals surface area contributed by atoms with Gasteiger partial charge in [0.25, 0.3) is 0 Å². The highest BCUT2D eigenvalue weighted by Gasteiger charge is 2.15. The van der Waals surface area contributed by atoms with E-state index in [1.54, 1.807) is 0 Å². The highest BCUT2D eigenvalue weighted by molar-refractivity contribution is 6.30. The second-order valence-corrected chi connectivity index (χ2v) is 4.91. The minimum Gasteiger partial charge on any atom is -0.468 e. The lowest BCUT2D eigenvalue weighted by Gasteiger charge is -2.12. The summed E-state index contributed by atoms with van der Waals surface area (Å²) in [7, 11) is 1.33. The fourth-order valence-electron chi connectivity index (χ4n) is 1.88. The zero-order valence-corrected chi connectivity index (χ0v) is 12.5. The van der Waals surface area contributed by atoms with E-state index in [0.717, 1.165) is 18.5 Å². The van der Waals surface area contributed by atoms with E-state index in [1.807, 2.05) is 16.9 Å². The quantitative estimate of drug-likeness (QED) is 0.588. The van der Waals surface area contributed by atoms with Crippen LogP contribution in [0.5, 0.6) is 0 Å². The molecule has 0 spiro atoms. The van der Waals surface area contributed by atoms with Crippen molar-refractivity contribution < 1.29 is 9.53 Å². The zero-order chi connectivity index (χ0) is 14.3. The van der Waals surface area contributed by atoms with Crippen LogP contribution in [0.2, 0.25) is 0 Å². The fourth-order valence-corrected chi connectivity index (χ4v) is 2.07. The maximum Gasteiger partial charge on any atom is 0.325 e. The molecule has 1 N–H and O–H groups in total. The summed E-state index contributed by atoms with van der Waals surface area (Å²) in [5.41, 5.74) is 0.945. The molecule has 0 radical (unpaired) electrons. The van der Waals surface area contributed by atoms with Gasteiger partial charge in [0.15, 0.2) is 0 Å². The third-order valence-corrected chi connectivity index (χ3v) is 3.40. The molecule has 0 aliphatic heterocycles. The molecule has 1 heterocycles. The molecule has 0 amide bonds. The monoisotopic (exact) mass is 287 g/mol. The molecule has 0 saturated heterocycles. The van der Waals surface area contributed by atoms with Gasteiger partial charge in [-0.2, -0.15) is 5.10 Å². The number of methoxy groups -OCH3 is 1. The fraction of sp³-hybridized carbons (Fsp3) is 0.692. The summed E-state index contributed by atoms with van der Waals surface area (Å²) in [6.07, 6.45) is 4.13. The second-order valence-electron chi connectivity index (χ2n) is 4.38. The van der Waals surface area contributed by atoms with Crippen molar-refractivity contribution in [3.8, 4) is 0 Å². The highest BCUT2D eigenvalue weighted by atomic mass is 35.5. The van der Waals surface area contributed by atoms with E-state index in [9.17, 15) is 4.79 Å². The number of esters is 1. The molecule has 108 valence electrons. The molecule has 1 aromatic rings. The molecule has 0 bridgehead atoms. The average molecular weight is 288 g/mol. The lowest BCUT2D eigenvalue weighted by Crippen LogP contribution is -2.29. The van der Waals surface area contributed by atoms with Gasteiger partial charge in [0.2, 0.25) is 0 Å². The summed E-state index contributed by atoms with van der Waals surface area (Å²) in [5, 5.41) is 6.94. The molecule has 6 heteroatoms. The summed E-state index contributed by atoms with van der Waals surface area (Å²) in [6.45, 7) is 5.27. The third kappa shape index (κ3) is 4.84. The molecular formula is C13H22ClN3O2. The van der Waals surface area contributed by atoms with Crippen LogP contribution in [-0.2, 0) is 16.1 Å². The van der Waals surface area contributed by atoms with Crippen molar-refractivity contribution in [2.75, 3.05) is 13.7 Å². The van der Waals surface area contributed by atoms with Gasteiger partial charge in [-0.05, 0) is 18.9 Å². The first-order valence-electron chi connectivity index (χ1n) is 6.59. The Balaban J connectivity index is 2.40. The minimum absolute atomic E-state index is 0.367. The Morgan fingerprint density at radius 1 is 1.53 bits per heavy atom. The van der Waals surface area contributed by atoms with Crippen molar-refractivity contribution in [1.29, 1.82) is 0 Å². The van der Waals surface area contributed by atoms with Crippen molar-refractivity contribution in [2.24, 2.45) is 0 Å². The molecule has 1 rings (SSSR count). The van der Waals surface area contributed by atoms with E-state index in [0.29, 0.717) is 19.1 Å². The number of hydrogen-bond acceptors (Lipinski definition) is 4. The van der Waals surface area contributed by atoms with Gasteiger partial charge < -0.3 is 10.1 Å². The van der Waals surface area contributed by atoms with Crippen LogP contribution in [0.1, 0.15) is 38.4 Å². The van der Waals surface area contributed by atoms with Crippen LogP contribution in [0.3, 0.4) is 0 Å². The number of nitrogens with one attached hydrogen (secondary N) is 1. The van der Waals surface area contributed by atoms with Crippen LogP contribution in [-0.4, -0.2) is 34.8 Å². The number of rotatable bonds is 8. The van der Waals surface area contributed by atoms with Gasteiger partial charge in [-0.1, -0.05) is 13.8 Å². The van der Waals surface area contributed by atoms with Crippen molar-refractivity contribution in [3.63, 3.8) is 0 Å². The first kappa shape index (κ1) is 16.0. The van der Waals surface area contributed by atoms with Crippen molar-refractivity contribution >= 4 is 17.6 Å². The molecule has 1 unspecified atom stereocenters. The van der Waals surface area contributed by atoms with Crippen molar-refractivity contribution in [2.45, 2.75) is 44.7 Å². The molecule has 5 nitrogen and oxygen atoms in total. The van der Waals surface area contributed by atoms with Crippen LogP contribution in [0.15, 0.2) is 12.3 Å². The Labute approximate surface area is 119 Å². The largest absolute Gasteiger partial charge is 0.468 e. The number of carbonyl (C=O) groups is 1. The van der Waals surface area contributed by atoms with E-state index in [1.165, 1.54) is 7.11 Å². The van der Waals surface area contributed by atoms with Crippen LogP contribution in [0, 0.1) is 0 Å². The number of nitrogens with zero attached hydrogens (tertiary/aromatic N) is 2. The third-order valence-electron chi connectivity index (χ3n) is 3.07. The van der Waals surface area contributed by atoms with Crippen molar-refractivity contribution in [3.05, 3.63) is 18.0 Å². The second kappa shape index (κ2) is 8.17. The zero-order valence-electron chi connectivity index (χ0n) is 11.7. The minimum atomic E-state index is -0.661. The Hall–Kier alpha value is -1.07. The van der Waals surface area contributed by atoms with Crippen LogP contribution in [0.25, 0.3) is 0 Å². The standard InChI is InChI=1S/C13H22ClN3O2/c1-4-11(5-2)17-7-6-10(16-17)8-15-9-12(14)13(18)19-3/h6-7,11-12,15H,4-5,8-9H2,1-3H3. The van der Waals surface area contributed by atoms with Gasteiger partial charge >= 0.3 is 5.97 Å². The number of aromatic nitrogens is 2. The Morgan fingerprint density at radius 2 is 2.21 bits per heavy atom. The highest BCUT2D eigenvalue weighted by Crippen LogP contribution is 2.14. The van der Waals surface area contributed by atoms with Gasteiger partial charge in [0, 0.05) is 19.3 Å². The van der Waals surface area contributed by atoms with Gasteiger partial charge in [-0.25, -0.2) is 0 Å². The summed E-state index contributed by atoms with van der Waals surface area (Å²) >= 11 is 5.84. The van der Waals surface area contributed by atoms with E-state index >= 15 is 0 Å². The number of alkyl halides is 1. The molecule has 0 saturated carbocycles. The maximum atomic E-state index is 11.1. The molecule has 19 heavy (non-hydrogen) atoms. The van der Waals surface area contributed by atoms with Crippen LogP contribution in [0.4, 0.5) is 0 Å². The predicted octanol–water partition coefficient (Wildman–Crippen LogP) is 2.11. The molecule has 1 atom stereocenters. The normalized spacial score (nSPS) is 12.7. The van der Waals surface area contributed by atoms with E-state index in [2.05, 4.69) is 29.0 Å². The average Bonchev–Trinajstić information content (AvgIpc) is 2.88. The van der Waals surface area contributed by atoms with E-state index in [-0.39, 0.29) is 0 Å². The molecule has 1 aromatic heterocycles. The van der Waals surface area contributed by atoms with Gasteiger partial charge in [0.1, 0.15) is 5.38 Å². The first-order chi connectivity index (χ1) is 9.12. The molecule has 0 fully saturated rings. The lowest BCUT2D eigenvalue weighted by molar-refractivity contribution is -0.140. The van der Waals surface area contributed by atoms with E-state index in [4.69, 9.17) is 11.6 Å². The van der Waals surface area contributed by atoms with Crippen LogP contribution >= 0.6 is 11.6 Å². The topological polar surface area (TPSA) is 56.2 Å². The lowest BCUT2D eigenvalue weighted by atomic mass is 10.2. The smallest absolute Gasteiger partial charge is 0.325 e. The van der Waals surface area contributed by atoms with E-state index < -0.39 is 11.3 Å².